The molecule has 1 aliphatic rings. The zero-order valence-electron chi connectivity index (χ0n) is 9.42. The van der Waals surface area contributed by atoms with Crippen molar-refractivity contribution in [1.82, 2.24) is 5.32 Å². The molecule has 4 nitrogen and oxygen atoms in total. The van der Waals surface area contributed by atoms with Crippen molar-refractivity contribution in [3.8, 4) is 0 Å². The van der Waals surface area contributed by atoms with Gasteiger partial charge in [0.25, 0.3) is 0 Å². The van der Waals surface area contributed by atoms with Gasteiger partial charge in [0, 0.05) is 18.4 Å². The Morgan fingerprint density at radius 3 is 2.73 bits per heavy atom. The highest BCUT2D eigenvalue weighted by Gasteiger charge is 2.43. The summed E-state index contributed by atoms with van der Waals surface area (Å²) in [5.41, 5.74) is 4.26. The summed E-state index contributed by atoms with van der Waals surface area (Å²) >= 11 is 0. The maximum absolute atomic E-state index is 11.8. The van der Waals surface area contributed by atoms with Crippen molar-refractivity contribution < 1.29 is 9.90 Å². The van der Waals surface area contributed by atoms with Gasteiger partial charge in [-0.15, -0.1) is 0 Å². The van der Waals surface area contributed by atoms with Gasteiger partial charge in [-0.3, -0.25) is 4.79 Å². The number of aliphatic hydroxyl groups is 1. The zero-order chi connectivity index (χ0) is 11.6. The molecule has 0 saturated heterocycles. The fourth-order valence-electron chi connectivity index (χ4n) is 2.17. The average Bonchev–Trinajstić information content (AvgIpc) is 2.46. The molecule has 1 fully saturated rings. The first-order valence-corrected chi connectivity index (χ1v) is 5.33. The Kier molecular flexibility index (Phi) is 3.39. The van der Waals surface area contributed by atoms with Crippen molar-refractivity contribution in [2.75, 3.05) is 0 Å². The number of nitrogens with two attached hydrogens (primary N) is 1. The normalized spacial score (nSPS) is 30.5. The quantitative estimate of drug-likeness (QED) is 0.635. The van der Waals surface area contributed by atoms with E-state index in [0.717, 1.165) is 6.42 Å². The van der Waals surface area contributed by atoms with Crippen molar-refractivity contribution in [1.29, 1.82) is 0 Å². The minimum Gasteiger partial charge on any atom is -0.386 e. The lowest BCUT2D eigenvalue weighted by atomic mass is 9.89. The Balaban J connectivity index is 2.60. The van der Waals surface area contributed by atoms with Crippen LogP contribution in [0.4, 0.5) is 0 Å². The van der Waals surface area contributed by atoms with E-state index in [1.165, 1.54) is 0 Å². The minimum absolute atomic E-state index is 0.0650. The van der Waals surface area contributed by atoms with Gasteiger partial charge in [-0.1, -0.05) is 20.4 Å². The van der Waals surface area contributed by atoms with Crippen LogP contribution in [-0.4, -0.2) is 22.5 Å². The zero-order valence-corrected chi connectivity index (χ0v) is 9.42. The molecule has 0 amide bonds. The summed E-state index contributed by atoms with van der Waals surface area (Å²) in [6.45, 7) is 7.16. The fraction of sp³-hybridized carbons (Fsp3) is 0.727. The molecule has 4 N–H and O–H groups in total. The van der Waals surface area contributed by atoms with E-state index in [1.54, 1.807) is 0 Å². The van der Waals surface area contributed by atoms with Crippen molar-refractivity contribution in [2.45, 2.75) is 44.8 Å². The van der Waals surface area contributed by atoms with Crippen LogP contribution in [0.5, 0.6) is 0 Å². The van der Waals surface area contributed by atoms with Crippen LogP contribution in [0.25, 0.3) is 0 Å². The largest absolute Gasteiger partial charge is 0.386 e. The van der Waals surface area contributed by atoms with Crippen molar-refractivity contribution in [3.63, 3.8) is 0 Å². The summed E-state index contributed by atoms with van der Waals surface area (Å²) in [6.07, 6.45) is 1.69. The first kappa shape index (κ1) is 12.0. The highest BCUT2D eigenvalue weighted by atomic mass is 16.3. The molecule has 0 bridgehead atoms. The lowest BCUT2D eigenvalue weighted by Crippen LogP contribution is -2.41. The van der Waals surface area contributed by atoms with Crippen LogP contribution in [0, 0.1) is 5.92 Å². The van der Waals surface area contributed by atoms with Crippen LogP contribution in [0.2, 0.25) is 0 Å². The Morgan fingerprint density at radius 1 is 1.67 bits per heavy atom. The first-order chi connectivity index (χ1) is 6.85. The molecule has 0 radical (unpaired) electrons. The van der Waals surface area contributed by atoms with Crippen molar-refractivity contribution in [3.05, 3.63) is 12.4 Å². The number of carbonyl (C=O) groups is 1. The van der Waals surface area contributed by atoms with Crippen LogP contribution in [0.3, 0.4) is 0 Å². The molecule has 1 aliphatic carbocycles. The summed E-state index contributed by atoms with van der Waals surface area (Å²) in [7, 11) is 0. The minimum atomic E-state index is -1.17. The Hall–Kier alpha value is -1.03. The maximum atomic E-state index is 11.8. The monoisotopic (exact) mass is 212 g/mol. The molecule has 0 aromatic rings. The molecule has 2 unspecified atom stereocenters. The molecule has 0 aromatic heterocycles. The molecule has 1 rings (SSSR count). The van der Waals surface area contributed by atoms with Crippen LogP contribution in [-0.2, 0) is 4.79 Å². The van der Waals surface area contributed by atoms with Gasteiger partial charge in [0.15, 0.2) is 5.78 Å². The van der Waals surface area contributed by atoms with Crippen LogP contribution >= 0.6 is 0 Å². The number of rotatable bonds is 4. The van der Waals surface area contributed by atoms with Crippen LogP contribution < -0.4 is 11.1 Å². The molecule has 15 heavy (non-hydrogen) atoms. The van der Waals surface area contributed by atoms with E-state index in [1.807, 2.05) is 13.8 Å². The molecular weight excluding hydrogens is 192 g/mol. The summed E-state index contributed by atoms with van der Waals surface area (Å²) in [5.74, 6) is 0.186. The van der Waals surface area contributed by atoms with E-state index >= 15 is 0 Å². The van der Waals surface area contributed by atoms with Crippen LogP contribution in [0.15, 0.2) is 12.4 Å². The third-order valence-corrected chi connectivity index (χ3v) is 2.86. The van der Waals surface area contributed by atoms with Crippen molar-refractivity contribution >= 4 is 5.78 Å². The molecule has 0 spiro atoms. The second kappa shape index (κ2) is 4.23. The van der Waals surface area contributed by atoms with E-state index < -0.39 is 5.60 Å². The van der Waals surface area contributed by atoms with E-state index in [-0.39, 0.29) is 17.7 Å². The molecular formula is C11H20N2O2. The van der Waals surface area contributed by atoms with E-state index in [2.05, 4.69) is 11.9 Å². The SMILES string of the molecule is C=C(N)NC1CCC(O)(C(=O)C(C)C)C1. The van der Waals surface area contributed by atoms with Gasteiger partial charge < -0.3 is 16.2 Å². The molecule has 0 aromatic carbocycles. The number of hydrogen-bond acceptors (Lipinski definition) is 4. The first-order valence-electron chi connectivity index (χ1n) is 5.33. The molecule has 86 valence electrons. The standard InChI is InChI=1S/C11H20N2O2/c1-7(2)10(14)11(15)5-4-9(6-11)13-8(3)12/h7,9,13,15H,3-6,12H2,1-2H3. The summed E-state index contributed by atoms with van der Waals surface area (Å²) in [5, 5.41) is 13.1. The van der Waals surface area contributed by atoms with Gasteiger partial charge in [0.05, 0.1) is 5.82 Å². The van der Waals surface area contributed by atoms with Gasteiger partial charge in [-0.2, -0.15) is 0 Å². The van der Waals surface area contributed by atoms with Crippen molar-refractivity contribution in [2.24, 2.45) is 11.7 Å². The summed E-state index contributed by atoms with van der Waals surface area (Å²) < 4.78 is 0. The highest BCUT2D eigenvalue weighted by molar-refractivity contribution is 5.89. The smallest absolute Gasteiger partial charge is 0.166 e. The lowest BCUT2D eigenvalue weighted by molar-refractivity contribution is -0.140. The average molecular weight is 212 g/mol. The summed E-state index contributed by atoms with van der Waals surface area (Å²) in [4.78, 5) is 11.8. The molecule has 0 heterocycles. The number of nitrogens with one attached hydrogen (secondary N) is 1. The van der Waals surface area contributed by atoms with E-state index in [4.69, 9.17) is 5.73 Å². The molecule has 4 heteroatoms. The number of carbonyl (C=O) groups excluding carboxylic acids is 1. The third kappa shape index (κ3) is 2.72. The lowest BCUT2D eigenvalue weighted by Gasteiger charge is -2.23. The topological polar surface area (TPSA) is 75.3 Å². The van der Waals surface area contributed by atoms with E-state index in [0.29, 0.717) is 18.7 Å². The number of ketones is 1. The highest BCUT2D eigenvalue weighted by Crippen LogP contribution is 2.32. The molecule has 2 atom stereocenters. The summed E-state index contributed by atoms with van der Waals surface area (Å²) in [6, 6.07) is 0.0650. The third-order valence-electron chi connectivity index (χ3n) is 2.86. The molecule has 1 saturated carbocycles. The fourth-order valence-corrected chi connectivity index (χ4v) is 2.17. The Bertz CT molecular complexity index is 276. The predicted molar refractivity (Wildman–Crippen MR) is 58.9 cm³/mol. The van der Waals surface area contributed by atoms with Gasteiger partial charge in [0.1, 0.15) is 5.60 Å². The number of Topliss-reactive ketones (excluding diaryl/α,β-unsaturated/α-hetero) is 1. The molecule has 0 aliphatic heterocycles. The van der Waals surface area contributed by atoms with Gasteiger partial charge in [-0.05, 0) is 12.8 Å². The predicted octanol–water partition coefficient (Wildman–Crippen LogP) is 0.515. The Morgan fingerprint density at radius 2 is 2.27 bits per heavy atom. The van der Waals surface area contributed by atoms with E-state index in [9.17, 15) is 9.90 Å². The van der Waals surface area contributed by atoms with Gasteiger partial charge in [-0.25, -0.2) is 0 Å². The maximum Gasteiger partial charge on any atom is 0.166 e. The van der Waals surface area contributed by atoms with Crippen LogP contribution in [0.1, 0.15) is 33.1 Å². The Labute approximate surface area is 90.5 Å². The second-order valence-corrected chi connectivity index (χ2v) is 4.66. The second-order valence-electron chi connectivity index (χ2n) is 4.66. The van der Waals surface area contributed by atoms with Gasteiger partial charge >= 0.3 is 0 Å². The van der Waals surface area contributed by atoms with Gasteiger partial charge in [0.2, 0.25) is 0 Å². The number of hydrogen-bond donors (Lipinski definition) is 3.